The van der Waals surface area contributed by atoms with Crippen molar-refractivity contribution >= 4 is 0 Å². The Hall–Kier alpha value is -1.92. The lowest BCUT2D eigenvalue weighted by molar-refractivity contribution is 0.286. The zero-order valence-electron chi connectivity index (χ0n) is 12.0. The van der Waals surface area contributed by atoms with Gasteiger partial charge in [-0.3, -0.25) is 0 Å². The van der Waals surface area contributed by atoms with E-state index in [1.54, 1.807) is 11.0 Å². The van der Waals surface area contributed by atoms with Crippen molar-refractivity contribution in [3.05, 3.63) is 36.7 Å². The fourth-order valence-electron chi connectivity index (χ4n) is 1.66. The molecular formula is C14H21N5O. The third-order valence-corrected chi connectivity index (χ3v) is 2.74. The van der Waals surface area contributed by atoms with Crippen molar-refractivity contribution in [3.8, 4) is 11.7 Å². The third-order valence-electron chi connectivity index (χ3n) is 2.74. The number of ether oxygens (including phenoxy) is 1. The highest BCUT2D eigenvalue weighted by molar-refractivity contribution is 5.29. The minimum absolute atomic E-state index is 0.406. The average Bonchev–Trinajstić information content (AvgIpc) is 2.92. The van der Waals surface area contributed by atoms with Gasteiger partial charge in [0.15, 0.2) is 0 Å². The van der Waals surface area contributed by atoms with Crippen LogP contribution in [0.2, 0.25) is 0 Å². The molecule has 1 aromatic heterocycles. The van der Waals surface area contributed by atoms with Gasteiger partial charge < -0.3 is 15.0 Å². The monoisotopic (exact) mass is 275 g/mol. The number of rotatable bonds is 8. The largest absolute Gasteiger partial charge is 0.461 e. The normalized spacial score (nSPS) is 10.9. The molecule has 0 amide bonds. The summed E-state index contributed by atoms with van der Waals surface area (Å²) >= 11 is 0. The Balaban J connectivity index is 1.71. The summed E-state index contributed by atoms with van der Waals surface area (Å²) in [5.41, 5.74) is 0.971. The van der Waals surface area contributed by atoms with Crippen molar-refractivity contribution < 1.29 is 4.74 Å². The van der Waals surface area contributed by atoms with E-state index in [9.17, 15) is 0 Å². The van der Waals surface area contributed by atoms with E-state index in [0.717, 1.165) is 25.3 Å². The summed E-state index contributed by atoms with van der Waals surface area (Å²) in [4.78, 5) is 6.27. The molecule has 6 heteroatoms. The number of nitrogens with zero attached hydrogens (tertiary/aromatic N) is 4. The van der Waals surface area contributed by atoms with Gasteiger partial charge in [0.25, 0.3) is 0 Å². The molecule has 0 bridgehead atoms. The quantitative estimate of drug-likeness (QED) is 0.722. The Morgan fingerprint density at radius 1 is 1.20 bits per heavy atom. The van der Waals surface area contributed by atoms with Crippen molar-refractivity contribution in [2.75, 3.05) is 40.3 Å². The van der Waals surface area contributed by atoms with Gasteiger partial charge >= 0.3 is 6.01 Å². The molecule has 6 nitrogen and oxygen atoms in total. The molecule has 0 aliphatic carbocycles. The molecule has 0 radical (unpaired) electrons. The summed E-state index contributed by atoms with van der Waals surface area (Å²) in [7, 11) is 4.11. The Kier molecular flexibility index (Phi) is 5.52. The molecule has 0 saturated heterocycles. The van der Waals surface area contributed by atoms with E-state index in [4.69, 9.17) is 4.74 Å². The summed E-state index contributed by atoms with van der Waals surface area (Å²) in [5, 5.41) is 7.57. The molecule has 0 fully saturated rings. The van der Waals surface area contributed by atoms with Gasteiger partial charge in [0.1, 0.15) is 12.9 Å². The Labute approximate surface area is 119 Å². The molecule has 1 heterocycles. The van der Waals surface area contributed by atoms with E-state index in [0.29, 0.717) is 12.6 Å². The molecule has 2 rings (SSSR count). The van der Waals surface area contributed by atoms with E-state index in [1.165, 1.54) is 0 Å². The predicted octanol–water partition coefficient (Wildman–Crippen LogP) is 0.797. The van der Waals surface area contributed by atoms with Crippen LogP contribution in [-0.2, 0) is 0 Å². The topological polar surface area (TPSA) is 55.2 Å². The molecule has 0 aliphatic heterocycles. The minimum atomic E-state index is 0.406. The molecule has 0 atom stereocenters. The second kappa shape index (κ2) is 7.62. The van der Waals surface area contributed by atoms with Crippen LogP contribution in [-0.4, -0.2) is 60.0 Å². The van der Waals surface area contributed by atoms with E-state index >= 15 is 0 Å². The van der Waals surface area contributed by atoms with E-state index in [1.807, 2.05) is 30.3 Å². The minimum Gasteiger partial charge on any atom is -0.461 e. The van der Waals surface area contributed by atoms with Crippen LogP contribution in [0.5, 0.6) is 6.01 Å². The van der Waals surface area contributed by atoms with Crippen LogP contribution >= 0.6 is 0 Å². The van der Waals surface area contributed by atoms with Crippen LogP contribution in [0.4, 0.5) is 0 Å². The van der Waals surface area contributed by atoms with Crippen LogP contribution < -0.4 is 10.1 Å². The number of hydrogen-bond acceptors (Lipinski definition) is 5. The van der Waals surface area contributed by atoms with Gasteiger partial charge in [0.05, 0.1) is 5.69 Å². The zero-order chi connectivity index (χ0) is 14.2. The molecule has 0 saturated carbocycles. The second-order valence-corrected chi connectivity index (χ2v) is 4.71. The van der Waals surface area contributed by atoms with Gasteiger partial charge in [-0.2, -0.15) is 4.98 Å². The first-order chi connectivity index (χ1) is 9.75. The van der Waals surface area contributed by atoms with Crippen molar-refractivity contribution in [2.45, 2.75) is 0 Å². The lowest BCUT2D eigenvalue weighted by Crippen LogP contribution is -2.29. The molecule has 0 unspecified atom stereocenters. The Morgan fingerprint density at radius 3 is 2.75 bits per heavy atom. The van der Waals surface area contributed by atoms with Crippen LogP contribution in [0.25, 0.3) is 5.69 Å². The summed E-state index contributed by atoms with van der Waals surface area (Å²) in [6.07, 6.45) is 1.66. The fraction of sp³-hybridized carbons (Fsp3) is 0.429. The van der Waals surface area contributed by atoms with Gasteiger partial charge in [0.2, 0.25) is 0 Å². The molecule has 1 N–H and O–H groups in total. The standard InChI is InChI=1S/C14H21N5O/c1-18(2)10-8-15-9-11-20-14-16-12-19(17-14)13-6-4-3-5-7-13/h3-7,12,15H,8-11H2,1-2H3. The summed E-state index contributed by atoms with van der Waals surface area (Å²) in [5.74, 6) is 0. The summed E-state index contributed by atoms with van der Waals surface area (Å²) in [6.45, 7) is 3.31. The van der Waals surface area contributed by atoms with Crippen molar-refractivity contribution in [2.24, 2.45) is 0 Å². The molecule has 1 aromatic carbocycles. The Bertz CT molecular complexity index is 497. The van der Waals surface area contributed by atoms with Gasteiger partial charge in [-0.15, -0.1) is 5.10 Å². The number of aromatic nitrogens is 3. The lowest BCUT2D eigenvalue weighted by Gasteiger charge is -2.09. The molecule has 2 aromatic rings. The van der Waals surface area contributed by atoms with E-state index in [2.05, 4.69) is 34.4 Å². The smallest absolute Gasteiger partial charge is 0.335 e. The molecule has 108 valence electrons. The zero-order valence-corrected chi connectivity index (χ0v) is 12.0. The number of hydrogen-bond donors (Lipinski definition) is 1. The average molecular weight is 275 g/mol. The second-order valence-electron chi connectivity index (χ2n) is 4.71. The number of para-hydroxylation sites is 1. The number of benzene rings is 1. The Morgan fingerprint density at radius 2 is 2.00 bits per heavy atom. The maximum absolute atomic E-state index is 5.50. The van der Waals surface area contributed by atoms with Gasteiger partial charge in [-0.25, -0.2) is 4.68 Å². The van der Waals surface area contributed by atoms with Crippen LogP contribution in [0, 0.1) is 0 Å². The van der Waals surface area contributed by atoms with Gasteiger partial charge in [-0.05, 0) is 26.2 Å². The first-order valence-electron chi connectivity index (χ1n) is 6.71. The van der Waals surface area contributed by atoms with Crippen LogP contribution in [0.3, 0.4) is 0 Å². The van der Waals surface area contributed by atoms with E-state index in [-0.39, 0.29) is 0 Å². The predicted molar refractivity (Wildman–Crippen MR) is 78.3 cm³/mol. The number of nitrogens with one attached hydrogen (secondary N) is 1. The summed E-state index contributed by atoms with van der Waals surface area (Å²) < 4.78 is 7.20. The molecule has 0 aliphatic rings. The third kappa shape index (κ3) is 4.64. The molecular weight excluding hydrogens is 254 g/mol. The highest BCUT2D eigenvalue weighted by Gasteiger charge is 2.02. The lowest BCUT2D eigenvalue weighted by atomic mass is 10.3. The first-order valence-corrected chi connectivity index (χ1v) is 6.71. The maximum atomic E-state index is 5.50. The SMILES string of the molecule is CN(C)CCNCCOc1ncn(-c2ccccc2)n1. The van der Waals surface area contributed by atoms with Crippen molar-refractivity contribution in [1.82, 2.24) is 25.0 Å². The van der Waals surface area contributed by atoms with E-state index < -0.39 is 0 Å². The van der Waals surface area contributed by atoms with Crippen molar-refractivity contribution in [1.29, 1.82) is 0 Å². The van der Waals surface area contributed by atoms with Crippen molar-refractivity contribution in [3.63, 3.8) is 0 Å². The number of likely N-dealkylation sites (N-methyl/N-ethyl adjacent to an activating group) is 1. The molecule has 20 heavy (non-hydrogen) atoms. The van der Waals surface area contributed by atoms with Gasteiger partial charge in [-0.1, -0.05) is 18.2 Å². The highest BCUT2D eigenvalue weighted by Crippen LogP contribution is 2.07. The highest BCUT2D eigenvalue weighted by atomic mass is 16.5. The summed E-state index contributed by atoms with van der Waals surface area (Å²) in [6, 6.07) is 10.3. The van der Waals surface area contributed by atoms with Gasteiger partial charge in [0, 0.05) is 19.6 Å². The maximum Gasteiger partial charge on any atom is 0.335 e. The molecule has 0 spiro atoms. The van der Waals surface area contributed by atoms with Crippen LogP contribution in [0.1, 0.15) is 0 Å². The first kappa shape index (κ1) is 14.5. The van der Waals surface area contributed by atoms with Crippen LogP contribution in [0.15, 0.2) is 36.7 Å². The fourth-order valence-corrected chi connectivity index (χ4v) is 1.66.